The first-order valence-corrected chi connectivity index (χ1v) is 8.15. The molecule has 1 saturated carbocycles. The summed E-state index contributed by atoms with van der Waals surface area (Å²) >= 11 is 5.69. The summed E-state index contributed by atoms with van der Waals surface area (Å²) in [6.07, 6.45) is 4.13. The average Bonchev–Trinajstić information content (AvgIpc) is 3.16. The molecule has 0 aliphatic heterocycles. The first kappa shape index (κ1) is 14.6. The second-order valence-electron chi connectivity index (χ2n) is 4.82. The number of aromatic nitrogens is 1. The number of pyridine rings is 1. The summed E-state index contributed by atoms with van der Waals surface area (Å²) in [5.74, 6) is 0.472. The Bertz CT molecular complexity index is 608. The zero-order chi connectivity index (χ0) is 14.0. The number of nitrogens with one attached hydrogen (secondary N) is 1. The lowest BCUT2D eigenvalue weighted by Crippen LogP contribution is -2.34. The van der Waals surface area contributed by atoms with E-state index in [0.717, 1.165) is 19.3 Å². The van der Waals surface area contributed by atoms with E-state index >= 15 is 0 Å². The largest absolute Gasteiger partial charge is 0.326 e. The van der Waals surface area contributed by atoms with Crippen LogP contribution in [0.1, 0.15) is 26.2 Å². The molecule has 0 radical (unpaired) electrons. The average molecular weight is 305 g/mol. The maximum atomic E-state index is 12.5. The summed E-state index contributed by atoms with van der Waals surface area (Å²) in [6, 6.07) is 1.21. The molecule has 1 heterocycles. The number of hydrogen-bond donors (Lipinski definition) is 1. The summed E-state index contributed by atoms with van der Waals surface area (Å²) in [5, 5.41) is -0.107. The molecule has 1 fully saturated rings. The van der Waals surface area contributed by atoms with Crippen LogP contribution < -0.4 is 5.56 Å². The molecule has 0 atom stereocenters. The third kappa shape index (κ3) is 3.38. The Morgan fingerprint density at radius 1 is 1.47 bits per heavy atom. The van der Waals surface area contributed by atoms with E-state index in [0.29, 0.717) is 19.0 Å². The molecule has 2 rings (SSSR count). The van der Waals surface area contributed by atoms with E-state index in [1.165, 1.54) is 16.6 Å². The molecule has 1 aliphatic rings. The van der Waals surface area contributed by atoms with E-state index in [1.807, 2.05) is 6.92 Å². The van der Waals surface area contributed by atoms with Gasteiger partial charge in [-0.2, -0.15) is 4.31 Å². The number of halogens is 1. The third-order valence-corrected chi connectivity index (χ3v) is 5.22. The first-order chi connectivity index (χ1) is 8.95. The molecule has 1 aromatic heterocycles. The molecule has 7 heteroatoms. The van der Waals surface area contributed by atoms with Crippen LogP contribution in [-0.4, -0.2) is 30.8 Å². The van der Waals surface area contributed by atoms with Crippen molar-refractivity contribution in [3.05, 3.63) is 27.6 Å². The highest BCUT2D eigenvalue weighted by molar-refractivity contribution is 7.89. The van der Waals surface area contributed by atoms with E-state index in [4.69, 9.17) is 11.6 Å². The Morgan fingerprint density at radius 2 is 2.16 bits per heavy atom. The molecule has 1 aliphatic carbocycles. The lowest BCUT2D eigenvalue weighted by molar-refractivity contribution is 0.395. The van der Waals surface area contributed by atoms with E-state index in [1.54, 1.807) is 0 Å². The second-order valence-corrected chi connectivity index (χ2v) is 7.16. The van der Waals surface area contributed by atoms with Crippen molar-refractivity contribution in [3.63, 3.8) is 0 Å². The van der Waals surface area contributed by atoms with Gasteiger partial charge in [-0.3, -0.25) is 4.79 Å². The van der Waals surface area contributed by atoms with Crippen molar-refractivity contribution in [3.8, 4) is 0 Å². The van der Waals surface area contributed by atoms with Gasteiger partial charge in [-0.05, 0) is 31.2 Å². The van der Waals surface area contributed by atoms with Gasteiger partial charge in [-0.1, -0.05) is 18.5 Å². The van der Waals surface area contributed by atoms with Crippen LogP contribution in [0.3, 0.4) is 0 Å². The van der Waals surface area contributed by atoms with Crippen LogP contribution >= 0.6 is 11.6 Å². The summed E-state index contributed by atoms with van der Waals surface area (Å²) < 4.78 is 26.5. The molecule has 0 bridgehead atoms. The van der Waals surface area contributed by atoms with Crippen molar-refractivity contribution < 1.29 is 8.42 Å². The van der Waals surface area contributed by atoms with Gasteiger partial charge in [0.1, 0.15) is 5.02 Å². The summed E-state index contributed by atoms with van der Waals surface area (Å²) in [7, 11) is -3.58. The SMILES string of the molecule is CCCN(CC1CC1)S(=O)(=O)c1c[nH]c(=O)c(Cl)c1. The number of rotatable bonds is 6. The van der Waals surface area contributed by atoms with Gasteiger partial charge in [0.25, 0.3) is 5.56 Å². The van der Waals surface area contributed by atoms with Crippen molar-refractivity contribution in [1.82, 2.24) is 9.29 Å². The molecule has 19 heavy (non-hydrogen) atoms. The van der Waals surface area contributed by atoms with Gasteiger partial charge in [0.05, 0.1) is 4.90 Å². The van der Waals surface area contributed by atoms with Crippen molar-refractivity contribution in [2.75, 3.05) is 13.1 Å². The van der Waals surface area contributed by atoms with Crippen molar-refractivity contribution in [1.29, 1.82) is 0 Å². The molecule has 0 saturated heterocycles. The summed E-state index contributed by atoms with van der Waals surface area (Å²) in [5.41, 5.74) is -0.482. The van der Waals surface area contributed by atoms with E-state index in [2.05, 4.69) is 4.98 Å². The Balaban J connectivity index is 2.31. The fourth-order valence-corrected chi connectivity index (χ4v) is 3.72. The van der Waals surface area contributed by atoms with Crippen molar-refractivity contribution in [2.24, 2.45) is 5.92 Å². The summed E-state index contributed by atoms with van der Waals surface area (Å²) in [6.45, 7) is 2.97. The number of hydrogen-bond acceptors (Lipinski definition) is 3. The first-order valence-electron chi connectivity index (χ1n) is 6.33. The maximum Gasteiger partial charge on any atom is 0.266 e. The Labute approximate surface area is 117 Å². The van der Waals surface area contributed by atoms with Gasteiger partial charge in [-0.15, -0.1) is 0 Å². The molecular formula is C12H17ClN2O3S. The van der Waals surface area contributed by atoms with Crippen LogP contribution in [0.25, 0.3) is 0 Å². The number of aromatic amines is 1. The third-order valence-electron chi connectivity index (χ3n) is 3.10. The molecular weight excluding hydrogens is 288 g/mol. The van der Waals surface area contributed by atoms with Gasteiger partial charge in [0.2, 0.25) is 10.0 Å². The lowest BCUT2D eigenvalue weighted by Gasteiger charge is -2.21. The topological polar surface area (TPSA) is 70.2 Å². The van der Waals surface area contributed by atoms with E-state index in [9.17, 15) is 13.2 Å². The monoisotopic (exact) mass is 304 g/mol. The highest BCUT2D eigenvalue weighted by atomic mass is 35.5. The van der Waals surface area contributed by atoms with Gasteiger partial charge in [0, 0.05) is 19.3 Å². The van der Waals surface area contributed by atoms with Gasteiger partial charge in [0.15, 0.2) is 0 Å². The molecule has 0 unspecified atom stereocenters. The predicted molar refractivity (Wildman–Crippen MR) is 73.8 cm³/mol. The zero-order valence-electron chi connectivity index (χ0n) is 10.7. The minimum absolute atomic E-state index is 0.0474. The molecule has 0 amide bonds. The zero-order valence-corrected chi connectivity index (χ0v) is 12.3. The number of H-pyrrole nitrogens is 1. The van der Waals surface area contributed by atoms with Crippen LogP contribution in [0.4, 0.5) is 0 Å². The predicted octanol–water partition coefficient (Wildman–Crippen LogP) is 1.84. The molecule has 106 valence electrons. The fraction of sp³-hybridized carbons (Fsp3) is 0.583. The molecule has 0 spiro atoms. The van der Waals surface area contributed by atoms with E-state index in [-0.39, 0.29) is 9.92 Å². The van der Waals surface area contributed by atoms with Gasteiger partial charge in [-0.25, -0.2) is 8.42 Å². The highest BCUT2D eigenvalue weighted by Gasteiger charge is 2.31. The summed E-state index contributed by atoms with van der Waals surface area (Å²) in [4.78, 5) is 13.6. The minimum atomic E-state index is -3.58. The number of nitrogens with zero attached hydrogens (tertiary/aromatic N) is 1. The lowest BCUT2D eigenvalue weighted by atomic mass is 10.4. The number of sulfonamides is 1. The second kappa shape index (κ2) is 5.64. The van der Waals surface area contributed by atoms with Crippen LogP contribution in [0.2, 0.25) is 5.02 Å². The van der Waals surface area contributed by atoms with Gasteiger partial charge < -0.3 is 4.98 Å². The van der Waals surface area contributed by atoms with E-state index < -0.39 is 15.6 Å². The Hall–Kier alpha value is -0.850. The molecule has 0 aromatic carbocycles. The fourth-order valence-electron chi connectivity index (χ4n) is 1.88. The van der Waals surface area contributed by atoms with Crippen LogP contribution in [0.15, 0.2) is 22.0 Å². The Kier molecular flexibility index (Phi) is 4.32. The van der Waals surface area contributed by atoms with Gasteiger partial charge >= 0.3 is 0 Å². The maximum absolute atomic E-state index is 12.5. The van der Waals surface area contributed by atoms with Crippen molar-refractivity contribution >= 4 is 21.6 Å². The minimum Gasteiger partial charge on any atom is -0.326 e. The molecule has 1 N–H and O–H groups in total. The standard InChI is InChI=1S/C12H17ClN2O3S/c1-2-5-15(8-9-3-4-9)19(17,18)10-6-11(13)12(16)14-7-10/h6-7,9H,2-5,8H2,1H3,(H,14,16). The van der Waals surface area contributed by atoms with Crippen LogP contribution in [0.5, 0.6) is 0 Å². The Morgan fingerprint density at radius 3 is 2.68 bits per heavy atom. The normalized spacial score (nSPS) is 15.9. The quantitative estimate of drug-likeness (QED) is 0.872. The highest BCUT2D eigenvalue weighted by Crippen LogP contribution is 2.31. The molecule has 1 aromatic rings. The van der Waals surface area contributed by atoms with Crippen LogP contribution in [0, 0.1) is 5.92 Å². The molecule has 5 nitrogen and oxygen atoms in total. The van der Waals surface area contributed by atoms with Crippen molar-refractivity contribution in [2.45, 2.75) is 31.1 Å². The smallest absolute Gasteiger partial charge is 0.266 e. The van der Waals surface area contributed by atoms with Crippen LogP contribution in [-0.2, 0) is 10.0 Å².